The smallest absolute Gasteiger partial charge is 0.305 e. The van der Waals surface area contributed by atoms with E-state index in [4.69, 9.17) is 14.2 Å². The summed E-state index contributed by atoms with van der Waals surface area (Å²) in [5.41, 5.74) is 0.912. The van der Waals surface area contributed by atoms with E-state index in [-0.39, 0.29) is 24.8 Å². The summed E-state index contributed by atoms with van der Waals surface area (Å²) in [7, 11) is 2.77. The number of ether oxygens (including phenoxy) is 3. The van der Waals surface area contributed by atoms with E-state index >= 15 is 0 Å². The number of benzene rings is 1. The molecule has 122 valence electrons. The molecule has 0 fully saturated rings. The molecule has 2 atom stereocenters. The van der Waals surface area contributed by atoms with Crippen LogP contribution in [0.2, 0.25) is 0 Å². The minimum absolute atomic E-state index is 0.257. The van der Waals surface area contributed by atoms with Gasteiger partial charge in [-0.25, -0.2) is 0 Å². The topological polar surface area (TPSA) is 61.8 Å². The van der Waals surface area contributed by atoms with Gasteiger partial charge in [0, 0.05) is 12.8 Å². The van der Waals surface area contributed by atoms with Crippen molar-refractivity contribution < 1.29 is 23.8 Å². The molecule has 5 heteroatoms. The summed E-state index contributed by atoms with van der Waals surface area (Å²) in [5, 5.41) is 0. The number of hydrogen-bond donors (Lipinski definition) is 0. The third kappa shape index (κ3) is 2.55. The van der Waals surface area contributed by atoms with E-state index in [1.165, 1.54) is 14.2 Å². The van der Waals surface area contributed by atoms with E-state index in [9.17, 15) is 9.59 Å². The van der Waals surface area contributed by atoms with Crippen molar-refractivity contribution in [1.82, 2.24) is 0 Å². The number of carbonyl (C=O) groups is 2. The maximum Gasteiger partial charge on any atom is 0.305 e. The molecule has 2 aliphatic rings. The van der Waals surface area contributed by atoms with E-state index in [1.807, 2.05) is 36.4 Å². The molecule has 5 nitrogen and oxygen atoms in total. The van der Waals surface area contributed by atoms with Crippen molar-refractivity contribution in [1.29, 1.82) is 0 Å². The minimum Gasteiger partial charge on any atom is -0.469 e. The highest BCUT2D eigenvalue weighted by Crippen LogP contribution is 2.57. The van der Waals surface area contributed by atoms with Crippen molar-refractivity contribution >= 4 is 11.9 Å². The molecule has 1 aromatic rings. The first-order valence-electron chi connectivity index (χ1n) is 7.69. The number of carbonyl (C=O) groups excluding carboxylic acids is 2. The number of fused-ring (bicyclic) bond motifs is 5. The van der Waals surface area contributed by atoms with Gasteiger partial charge in [-0.2, -0.15) is 0 Å². The average Bonchev–Trinajstić information content (AvgIpc) is 3.11. The second-order valence-corrected chi connectivity index (χ2v) is 5.91. The Morgan fingerprint density at radius 2 is 1.35 bits per heavy atom. The van der Waals surface area contributed by atoms with Gasteiger partial charge in [0.05, 0.1) is 14.2 Å². The number of hydrogen-bond acceptors (Lipinski definition) is 5. The molecular weight excluding hydrogens is 296 g/mol. The number of esters is 2. The monoisotopic (exact) mass is 316 g/mol. The van der Waals surface area contributed by atoms with E-state index in [1.54, 1.807) is 0 Å². The van der Waals surface area contributed by atoms with Crippen LogP contribution in [0.15, 0.2) is 36.4 Å². The van der Waals surface area contributed by atoms with Crippen LogP contribution in [0.25, 0.3) is 0 Å². The van der Waals surface area contributed by atoms with Gasteiger partial charge in [-0.1, -0.05) is 24.3 Å². The van der Waals surface area contributed by atoms with E-state index in [0.29, 0.717) is 12.8 Å². The van der Waals surface area contributed by atoms with Crippen LogP contribution >= 0.6 is 0 Å². The molecule has 3 rings (SSSR count). The highest BCUT2D eigenvalue weighted by atomic mass is 16.5. The standard InChI is InChI=1S/C18H20O5/c1-21-15(19)7-9-17-11-12-18(23-17,10-8-16(20)22-2)14-6-4-3-5-13(14)17/h3-6,11-12H,7-10H2,1-2H3. The zero-order valence-electron chi connectivity index (χ0n) is 13.3. The maximum absolute atomic E-state index is 11.5. The largest absolute Gasteiger partial charge is 0.469 e. The Balaban J connectivity index is 1.87. The lowest BCUT2D eigenvalue weighted by atomic mass is 9.78. The normalized spacial score (nSPS) is 26.9. The highest BCUT2D eigenvalue weighted by Gasteiger charge is 2.55. The van der Waals surface area contributed by atoms with Crippen molar-refractivity contribution in [3.8, 4) is 0 Å². The first-order chi connectivity index (χ1) is 11.1. The van der Waals surface area contributed by atoms with Crippen molar-refractivity contribution in [2.75, 3.05) is 14.2 Å². The molecule has 1 aromatic carbocycles. The van der Waals surface area contributed by atoms with Gasteiger partial charge in [-0.15, -0.1) is 0 Å². The Labute approximate surface area is 135 Å². The van der Waals surface area contributed by atoms with E-state index in [0.717, 1.165) is 11.1 Å². The fraction of sp³-hybridized carbons (Fsp3) is 0.444. The van der Waals surface area contributed by atoms with Crippen LogP contribution in [-0.4, -0.2) is 26.2 Å². The molecule has 2 unspecified atom stereocenters. The Morgan fingerprint density at radius 1 is 0.913 bits per heavy atom. The fourth-order valence-corrected chi connectivity index (χ4v) is 3.49. The van der Waals surface area contributed by atoms with Crippen LogP contribution in [0.4, 0.5) is 0 Å². The highest BCUT2D eigenvalue weighted by molar-refractivity contribution is 5.70. The van der Waals surface area contributed by atoms with Gasteiger partial charge in [0.2, 0.25) is 0 Å². The Bertz CT molecular complexity index is 610. The van der Waals surface area contributed by atoms with Gasteiger partial charge in [-0.05, 0) is 36.1 Å². The molecule has 0 saturated heterocycles. The Kier molecular flexibility index (Phi) is 3.98. The lowest BCUT2D eigenvalue weighted by Gasteiger charge is -2.25. The summed E-state index contributed by atoms with van der Waals surface area (Å²) in [5.74, 6) is -0.513. The number of rotatable bonds is 6. The minimum atomic E-state index is -0.610. The third-order valence-electron chi connectivity index (χ3n) is 4.68. The Morgan fingerprint density at radius 3 is 1.74 bits per heavy atom. The van der Waals surface area contributed by atoms with E-state index < -0.39 is 11.2 Å². The number of methoxy groups -OCH3 is 2. The lowest BCUT2D eigenvalue weighted by Crippen LogP contribution is -2.25. The first kappa shape index (κ1) is 15.7. The zero-order valence-corrected chi connectivity index (χ0v) is 13.3. The van der Waals surface area contributed by atoms with Crippen molar-refractivity contribution in [2.24, 2.45) is 0 Å². The molecule has 0 radical (unpaired) electrons. The Hall–Kier alpha value is -2.14. The molecule has 2 heterocycles. The predicted octanol–water partition coefficient (Wildman–Crippen LogP) is 2.58. The van der Waals surface area contributed by atoms with Gasteiger partial charge in [0.25, 0.3) is 0 Å². The molecule has 0 saturated carbocycles. The second-order valence-electron chi connectivity index (χ2n) is 5.91. The van der Waals surface area contributed by atoms with Crippen molar-refractivity contribution in [3.05, 3.63) is 47.5 Å². The van der Waals surface area contributed by atoms with Gasteiger partial charge >= 0.3 is 11.9 Å². The van der Waals surface area contributed by atoms with Crippen molar-refractivity contribution in [2.45, 2.75) is 36.9 Å². The van der Waals surface area contributed by atoms with Gasteiger partial charge in [0.15, 0.2) is 0 Å². The van der Waals surface area contributed by atoms with Gasteiger partial charge in [0.1, 0.15) is 11.2 Å². The summed E-state index contributed by atoms with van der Waals surface area (Å²) in [6.45, 7) is 0. The lowest BCUT2D eigenvalue weighted by molar-refractivity contribution is -0.144. The first-order valence-corrected chi connectivity index (χ1v) is 7.69. The van der Waals surface area contributed by atoms with Crippen LogP contribution in [0.1, 0.15) is 36.8 Å². The molecule has 2 bridgehead atoms. The van der Waals surface area contributed by atoms with Crippen LogP contribution in [0, 0.1) is 0 Å². The molecule has 0 N–H and O–H groups in total. The summed E-state index contributed by atoms with van der Waals surface area (Å²) in [6.07, 6.45) is 5.62. The van der Waals surface area contributed by atoms with Crippen LogP contribution in [-0.2, 0) is 35.0 Å². The van der Waals surface area contributed by atoms with Crippen LogP contribution in [0.3, 0.4) is 0 Å². The fourth-order valence-electron chi connectivity index (χ4n) is 3.49. The molecule has 0 aromatic heterocycles. The summed E-state index contributed by atoms with van der Waals surface area (Å²) in [4.78, 5) is 23.0. The van der Waals surface area contributed by atoms with Crippen LogP contribution < -0.4 is 0 Å². The molecule has 0 amide bonds. The molecule has 0 aliphatic carbocycles. The molecular formula is C18H20O5. The van der Waals surface area contributed by atoms with Crippen LogP contribution in [0.5, 0.6) is 0 Å². The van der Waals surface area contributed by atoms with E-state index in [2.05, 4.69) is 0 Å². The quantitative estimate of drug-likeness (QED) is 0.596. The zero-order chi connectivity index (χ0) is 16.5. The summed E-state index contributed by atoms with van der Waals surface area (Å²) >= 11 is 0. The maximum atomic E-state index is 11.5. The second kappa shape index (κ2) is 5.81. The van der Waals surface area contributed by atoms with Gasteiger partial charge in [-0.3, -0.25) is 9.59 Å². The SMILES string of the molecule is COC(=O)CCC12C=CC(CCC(=O)OC)(O1)c1ccccc12. The van der Waals surface area contributed by atoms with Gasteiger partial charge < -0.3 is 14.2 Å². The molecule has 23 heavy (non-hydrogen) atoms. The predicted molar refractivity (Wildman–Crippen MR) is 82.5 cm³/mol. The molecule has 2 aliphatic heterocycles. The molecule has 0 spiro atoms. The third-order valence-corrected chi connectivity index (χ3v) is 4.68. The summed E-state index contributed by atoms with van der Waals surface area (Å²) in [6, 6.07) is 7.97. The summed E-state index contributed by atoms with van der Waals surface area (Å²) < 4.78 is 15.9. The van der Waals surface area contributed by atoms with Crippen molar-refractivity contribution in [3.63, 3.8) is 0 Å². The average molecular weight is 316 g/mol.